The molecule has 0 saturated heterocycles. The minimum absolute atomic E-state index is 0.212. The minimum atomic E-state index is -1.14. The first-order chi connectivity index (χ1) is 9.49. The summed E-state index contributed by atoms with van der Waals surface area (Å²) in [6.07, 6.45) is 0. The molecule has 5 heteroatoms. The fourth-order valence-corrected chi connectivity index (χ4v) is 1.66. The molecule has 1 rings (SSSR count). The van der Waals surface area contributed by atoms with Crippen LogP contribution in [-0.2, 0) is 19.1 Å². The van der Waals surface area contributed by atoms with E-state index in [0.717, 1.165) is 11.1 Å². The zero-order valence-electron chi connectivity index (χ0n) is 12.4. The van der Waals surface area contributed by atoms with E-state index in [1.54, 1.807) is 13.8 Å². The van der Waals surface area contributed by atoms with Crippen molar-refractivity contribution in [2.45, 2.75) is 33.7 Å². The Labute approximate surface area is 119 Å². The quantitative estimate of drug-likeness (QED) is 0.639. The molecule has 0 aliphatic rings. The molecule has 0 aliphatic carbocycles. The predicted molar refractivity (Wildman–Crippen MR) is 76.6 cm³/mol. The number of nitrogens with one attached hydrogen (secondary N) is 1. The zero-order valence-corrected chi connectivity index (χ0v) is 12.4. The van der Waals surface area contributed by atoms with Crippen LogP contribution in [-0.4, -0.2) is 31.2 Å². The third-order valence-electron chi connectivity index (χ3n) is 2.86. The molecule has 0 atom stereocenters. The van der Waals surface area contributed by atoms with E-state index in [1.807, 2.05) is 32.0 Å². The Morgan fingerprint density at radius 3 is 2.05 bits per heavy atom. The van der Waals surface area contributed by atoms with E-state index in [0.29, 0.717) is 5.69 Å². The van der Waals surface area contributed by atoms with E-state index in [2.05, 4.69) is 5.32 Å². The van der Waals surface area contributed by atoms with Crippen molar-refractivity contribution in [2.75, 3.05) is 18.5 Å². The van der Waals surface area contributed by atoms with Crippen molar-refractivity contribution in [3.63, 3.8) is 0 Å². The molecule has 0 radical (unpaired) electrons. The van der Waals surface area contributed by atoms with E-state index < -0.39 is 18.0 Å². The van der Waals surface area contributed by atoms with Crippen LogP contribution in [0.5, 0.6) is 0 Å². The smallest absolute Gasteiger partial charge is 0.340 e. The van der Waals surface area contributed by atoms with Gasteiger partial charge in [-0.3, -0.25) is 0 Å². The van der Waals surface area contributed by atoms with Gasteiger partial charge in [0.1, 0.15) is 0 Å². The molecule has 0 aromatic heterocycles. The van der Waals surface area contributed by atoms with Crippen LogP contribution in [0.2, 0.25) is 0 Å². The van der Waals surface area contributed by atoms with Crippen molar-refractivity contribution >= 4 is 17.6 Å². The fraction of sp³-hybridized carbons (Fsp3) is 0.467. The highest BCUT2D eigenvalue weighted by atomic mass is 16.6. The lowest BCUT2D eigenvalue weighted by atomic mass is 10.1. The lowest BCUT2D eigenvalue weighted by Crippen LogP contribution is -2.40. The van der Waals surface area contributed by atoms with Crippen LogP contribution in [0.4, 0.5) is 5.69 Å². The highest BCUT2D eigenvalue weighted by Gasteiger charge is 2.29. The minimum Gasteiger partial charge on any atom is -0.464 e. The third-order valence-corrected chi connectivity index (χ3v) is 2.86. The maximum absolute atomic E-state index is 11.8. The van der Waals surface area contributed by atoms with E-state index in [9.17, 15) is 9.59 Å². The molecular formula is C15H21NO4. The average molecular weight is 279 g/mol. The molecule has 0 unspecified atom stereocenters. The van der Waals surface area contributed by atoms with Crippen LogP contribution >= 0.6 is 0 Å². The molecule has 1 N–H and O–H groups in total. The molecule has 0 amide bonds. The Kier molecular flexibility index (Phi) is 6.03. The Morgan fingerprint density at radius 1 is 1.05 bits per heavy atom. The van der Waals surface area contributed by atoms with Crippen molar-refractivity contribution in [3.05, 3.63) is 29.3 Å². The van der Waals surface area contributed by atoms with Crippen molar-refractivity contribution in [1.29, 1.82) is 0 Å². The summed E-state index contributed by atoms with van der Waals surface area (Å²) in [5.41, 5.74) is 2.89. The monoisotopic (exact) mass is 279 g/mol. The Hall–Kier alpha value is -2.04. The molecule has 110 valence electrons. The highest BCUT2D eigenvalue weighted by Crippen LogP contribution is 2.16. The molecule has 1 aromatic rings. The van der Waals surface area contributed by atoms with E-state index in [4.69, 9.17) is 9.47 Å². The molecule has 0 aliphatic heterocycles. The number of anilines is 1. The van der Waals surface area contributed by atoms with E-state index in [1.165, 1.54) is 0 Å². The number of hydrogen-bond donors (Lipinski definition) is 1. The summed E-state index contributed by atoms with van der Waals surface area (Å²) < 4.78 is 9.79. The first-order valence-electron chi connectivity index (χ1n) is 6.66. The lowest BCUT2D eigenvalue weighted by molar-refractivity contribution is -0.155. The molecule has 5 nitrogen and oxygen atoms in total. The number of hydrogen-bond acceptors (Lipinski definition) is 5. The van der Waals surface area contributed by atoms with Gasteiger partial charge in [0.15, 0.2) is 0 Å². The SMILES string of the molecule is CCOC(=O)C(Nc1ccc(C)c(C)c1)C(=O)OCC. The Bertz CT molecular complexity index is 467. The maximum atomic E-state index is 11.8. The fourth-order valence-electron chi connectivity index (χ4n) is 1.66. The van der Waals surface area contributed by atoms with Crippen molar-refractivity contribution in [3.8, 4) is 0 Å². The third kappa shape index (κ3) is 4.26. The predicted octanol–water partition coefficient (Wildman–Crippen LogP) is 2.21. The second-order valence-corrected chi connectivity index (χ2v) is 4.38. The summed E-state index contributed by atoms with van der Waals surface area (Å²) in [5, 5.41) is 2.87. The van der Waals surface area contributed by atoms with Gasteiger partial charge in [-0.1, -0.05) is 6.07 Å². The number of ether oxygens (including phenoxy) is 2. The molecule has 0 heterocycles. The average Bonchev–Trinajstić information content (AvgIpc) is 2.40. The van der Waals surface area contributed by atoms with Crippen molar-refractivity contribution in [2.24, 2.45) is 0 Å². The second kappa shape index (κ2) is 7.53. The van der Waals surface area contributed by atoms with Gasteiger partial charge >= 0.3 is 11.9 Å². The van der Waals surface area contributed by atoms with Gasteiger partial charge in [0.2, 0.25) is 6.04 Å². The number of benzene rings is 1. The number of carbonyl (C=O) groups excluding carboxylic acids is 2. The first kappa shape index (κ1) is 16.0. The van der Waals surface area contributed by atoms with Crippen molar-refractivity contribution < 1.29 is 19.1 Å². The van der Waals surface area contributed by atoms with Gasteiger partial charge in [-0.2, -0.15) is 0 Å². The number of carbonyl (C=O) groups is 2. The van der Waals surface area contributed by atoms with Gasteiger partial charge in [0.25, 0.3) is 0 Å². The highest BCUT2D eigenvalue weighted by molar-refractivity contribution is 6.02. The van der Waals surface area contributed by atoms with Crippen LogP contribution in [0.25, 0.3) is 0 Å². The lowest BCUT2D eigenvalue weighted by Gasteiger charge is -2.17. The Balaban J connectivity index is 2.90. The van der Waals surface area contributed by atoms with Crippen LogP contribution in [0.1, 0.15) is 25.0 Å². The molecule has 1 aromatic carbocycles. The van der Waals surface area contributed by atoms with Crippen LogP contribution in [0, 0.1) is 13.8 Å². The number of aryl methyl sites for hydroxylation is 2. The van der Waals surface area contributed by atoms with E-state index in [-0.39, 0.29) is 13.2 Å². The standard InChI is InChI=1S/C15H21NO4/c1-5-19-14(17)13(15(18)20-6-2)16-12-8-7-10(3)11(4)9-12/h7-9,13,16H,5-6H2,1-4H3. The van der Waals surface area contributed by atoms with Crippen molar-refractivity contribution in [1.82, 2.24) is 0 Å². The maximum Gasteiger partial charge on any atom is 0.340 e. The largest absolute Gasteiger partial charge is 0.464 e. The summed E-state index contributed by atoms with van der Waals surface area (Å²) in [6.45, 7) is 7.76. The van der Waals surface area contributed by atoms with Gasteiger partial charge in [-0.05, 0) is 51.0 Å². The molecule has 0 bridgehead atoms. The summed E-state index contributed by atoms with van der Waals surface area (Å²) in [5.74, 6) is -1.27. The topological polar surface area (TPSA) is 64.6 Å². The molecule has 0 fully saturated rings. The number of rotatable bonds is 6. The summed E-state index contributed by atoms with van der Waals surface area (Å²) in [6, 6.07) is 4.47. The van der Waals surface area contributed by atoms with Gasteiger partial charge in [0, 0.05) is 5.69 Å². The van der Waals surface area contributed by atoms with Gasteiger partial charge < -0.3 is 14.8 Å². The van der Waals surface area contributed by atoms with Gasteiger partial charge in [0.05, 0.1) is 13.2 Å². The van der Waals surface area contributed by atoms with E-state index >= 15 is 0 Å². The number of esters is 2. The molecule has 20 heavy (non-hydrogen) atoms. The molecular weight excluding hydrogens is 258 g/mol. The molecule has 0 saturated carbocycles. The summed E-state index contributed by atoms with van der Waals surface area (Å²) in [4.78, 5) is 23.7. The first-order valence-corrected chi connectivity index (χ1v) is 6.66. The van der Waals surface area contributed by atoms with Crippen LogP contribution in [0.3, 0.4) is 0 Å². The molecule has 0 spiro atoms. The van der Waals surface area contributed by atoms with Crippen LogP contribution in [0.15, 0.2) is 18.2 Å². The second-order valence-electron chi connectivity index (χ2n) is 4.38. The summed E-state index contributed by atoms with van der Waals surface area (Å²) >= 11 is 0. The summed E-state index contributed by atoms with van der Waals surface area (Å²) in [7, 11) is 0. The zero-order chi connectivity index (χ0) is 15.1. The Morgan fingerprint density at radius 2 is 1.60 bits per heavy atom. The normalized spacial score (nSPS) is 10.2. The van der Waals surface area contributed by atoms with Gasteiger partial charge in [-0.15, -0.1) is 0 Å². The van der Waals surface area contributed by atoms with Crippen LogP contribution < -0.4 is 5.32 Å². The van der Waals surface area contributed by atoms with Gasteiger partial charge in [-0.25, -0.2) is 9.59 Å².